The standard InChI is InChI=1S/C20H22ClNO4/c1-4-26-19-11-14(5-10-18(19)24-2)12-22-13-17(23)20(25-3)15-6-8-16(21)9-7-15/h5-12,20H,4,13H2,1-3H3. The normalized spacial score (nSPS) is 12.2. The molecule has 2 aromatic carbocycles. The molecule has 0 bridgehead atoms. The fourth-order valence-electron chi connectivity index (χ4n) is 2.46. The van der Waals surface area contributed by atoms with Crippen LogP contribution in [0.5, 0.6) is 11.5 Å². The van der Waals surface area contributed by atoms with Gasteiger partial charge in [0.05, 0.1) is 13.7 Å². The third kappa shape index (κ3) is 5.31. The molecule has 138 valence electrons. The molecule has 0 heterocycles. The minimum Gasteiger partial charge on any atom is -0.493 e. The molecule has 0 aliphatic carbocycles. The number of benzene rings is 2. The Bertz CT molecular complexity index is 759. The van der Waals surface area contributed by atoms with Crippen molar-refractivity contribution in [1.29, 1.82) is 0 Å². The maximum absolute atomic E-state index is 12.4. The van der Waals surface area contributed by atoms with Gasteiger partial charge in [0.15, 0.2) is 17.3 Å². The molecule has 0 N–H and O–H groups in total. The van der Waals surface area contributed by atoms with Crippen molar-refractivity contribution in [2.24, 2.45) is 4.99 Å². The molecule has 0 aromatic heterocycles. The van der Waals surface area contributed by atoms with E-state index in [1.165, 1.54) is 7.11 Å². The van der Waals surface area contributed by atoms with Crippen molar-refractivity contribution in [3.05, 3.63) is 58.6 Å². The second-order valence-corrected chi connectivity index (χ2v) is 5.88. The predicted molar refractivity (Wildman–Crippen MR) is 103 cm³/mol. The van der Waals surface area contributed by atoms with Gasteiger partial charge in [0.2, 0.25) is 0 Å². The van der Waals surface area contributed by atoms with E-state index in [9.17, 15) is 4.79 Å². The van der Waals surface area contributed by atoms with Crippen molar-refractivity contribution < 1.29 is 19.0 Å². The molecular formula is C20H22ClNO4. The molecule has 26 heavy (non-hydrogen) atoms. The van der Waals surface area contributed by atoms with Crippen LogP contribution in [0.4, 0.5) is 0 Å². The summed E-state index contributed by atoms with van der Waals surface area (Å²) in [5, 5.41) is 0.610. The molecule has 6 heteroatoms. The monoisotopic (exact) mass is 375 g/mol. The van der Waals surface area contributed by atoms with Crippen LogP contribution < -0.4 is 9.47 Å². The summed E-state index contributed by atoms with van der Waals surface area (Å²) in [5.41, 5.74) is 1.57. The Kier molecular flexibility index (Phi) is 7.63. The van der Waals surface area contributed by atoms with Crippen LogP contribution in [0.3, 0.4) is 0 Å². The molecule has 1 unspecified atom stereocenters. The van der Waals surface area contributed by atoms with Crippen LogP contribution in [0.15, 0.2) is 47.5 Å². The van der Waals surface area contributed by atoms with E-state index in [0.717, 1.165) is 11.1 Å². The van der Waals surface area contributed by atoms with Gasteiger partial charge in [0.1, 0.15) is 12.6 Å². The zero-order valence-corrected chi connectivity index (χ0v) is 15.8. The first kappa shape index (κ1) is 19.9. The Morgan fingerprint density at radius 2 is 1.88 bits per heavy atom. The van der Waals surface area contributed by atoms with Crippen LogP contribution in [0.2, 0.25) is 5.02 Å². The highest BCUT2D eigenvalue weighted by atomic mass is 35.5. The molecule has 0 amide bonds. The summed E-state index contributed by atoms with van der Waals surface area (Å²) >= 11 is 5.88. The van der Waals surface area contributed by atoms with E-state index in [4.69, 9.17) is 25.8 Å². The van der Waals surface area contributed by atoms with Crippen molar-refractivity contribution in [3.63, 3.8) is 0 Å². The lowest BCUT2D eigenvalue weighted by Crippen LogP contribution is -2.17. The van der Waals surface area contributed by atoms with Crippen molar-refractivity contribution in [1.82, 2.24) is 0 Å². The highest BCUT2D eigenvalue weighted by Gasteiger charge is 2.19. The second kappa shape index (κ2) is 9.94. The predicted octanol–water partition coefficient (Wildman–Crippen LogP) is 4.12. The lowest BCUT2D eigenvalue weighted by atomic mass is 10.1. The van der Waals surface area contributed by atoms with Gasteiger partial charge in [-0.05, 0) is 48.4 Å². The number of methoxy groups -OCH3 is 2. The van der Waals surface area contributed by atoms with E-state index in [0.29, 0.717) is 23.1 Å². The quantitative estimate of drug-likeness (QED) is 0.618. The number of carbonyl (C=O) groups is 1. The summed E-state index contributed by atoms with van der Waals surface area (Å²) < 4.78 is 16.1. The van der Waals surface area contributed by atoms with Crippen molar-refractivity contribution in [2.45, 2.75) is 13.0 Å². The maximum atomic E-state index is 12.4. The Labute approximate surface area is 158 Å². The lowest BCUT2D eigenvalue weighted by Gasteiger charge is -2.13. The van der Waals surface area contributed by atoms with Gasteiger partial charge in [-0.15, -0.1) is 0 Å². The van der Waals surface area contributed by atoms with Crippen LogP contribution >= 0.6 is 11.6 Å². The fourth-order valence-corrected chi connectivity index (χ4v) is 2.58. The van der Waals surface area contributed by atoms with Crippen LogP contribution in [0, 0.1) is 0 Å². The number of nitrogens with zero attached hydrogens (tertiary/aromatic N) is 1. The third-order valence-corrected chi connectivity index (χ3v) is 3.93. The largest absolute Gasteiger partial charge is 0.493 e. The van der Waals surface area contributed by atoms with Gasteiger partial charge in [-0.2, -0.15) is 0 Å². The van der Waals surface area contributed by atoms with Gasteiger partial charge in [-0.1, -0.05) is 23.7 Å². The third-order valence-electron chi connectivity index (χ3n) is 3.68. The van der Waals surface area contributed by atoms with E-state index in [1.54, 1.807) is 43.7 Å². The van der Waals surface area contributed by atoms with Crippen LogP contribution in [-0.2, 0) is 9.53 Å². The highest BCUT2D eigenvalue weighted by Crippen LogP contribution is 2.27. The van der Waals surface area contributed by atoms with E-state index in [1.807, 2.05) is 19.1 Å². The number of ether oxygens (including phenoxy) is 3. The fraction of sp³-hybridized carbons (Fsp3) is 0.300. The molecule has 2 rings (SSSR count). The molecule has 0 spiro atoms. The number of aliphatic imine (C=N–C) groups is 1. The zero-order chi connectivity index (χ0) is 18.9. The summed E-state index contributed by atoms with van der Waals surface area (Å²) in [6.07, 6.45) is 0.966. The summed E-state index contributed by atoms with van der Waals surface area (Å²) in [7, 11) is 3.09. The molecule has 0 saturated heterocycles. The minimum absolute atomic E-state index is 0.0110. The number of ketones is 1. The average molecular weight is 376 g/mol. The number of Topliss-reactive ketones (excluding diaryl/α,β-unsaturated/α-hetero) is 1. The van der Waals surface area contributed by atoms with E-state index in [2.05, 4.69) is 4.99 Å². The SMILES string of the molecule is CCOc1cc(C=NCC(=O)C(OC)c2ccc(Cl)cc2)ccc1OC. The first-order valence-corrected chi connectivity index (χ1v) is 8.58. The van der Waals surface area contributed by atoms with Crippen LogP contribution in [0.1, 0.15) is 24.2 Å². The number of halogens is 1. The Balaban J connectivity index is 2.05. The second-order valence-electron chi connectivity index (χ2n) is 5.45. The topological polar surface area (TPSA) is 57.1 Å². The molecule has 0 aliphatic heterocycles. The Morgan fingerprint density at radius 3 is 2.50 bits per heavy atom. The summed E-state index contributed by atoms with van der Waals surface area (Å²) in [5.74, 6) is 1.16. The first-order valence-electron chi connectivity index (χ1n) is 8.20. The smallest absolute Gasteiger partial charge is 0.187 e. The molecule has 5 nitrogen and oxygen atoms in total. The van der Waals surface area contributed by atoms with Gasteiger partial charge >= 0.3 is 0 Å². The maximum Gasteiger partial charge on any atom is 0.187 e. The molecular weight excluding hydrogens is 354 g/mol. The average Bonchev–Trinajstić information content (AvgIpc) is 2.64. The van der Waals surface area contributed by atoms with Gasteiger partial charge < -0.3 is 14.2 Å². The van der Waals surface area contributed by atoms with E-state index in [-0.39, 0.29) is 12.3 Å². The molecule has 0 fully saturated rings. The zero-order valence-electron chi connectivity index (χ0n) is 15.1. The number of rotatable bonds is 9. The van der Waals surface area contributed by atoms with Crippen molar-refractivity contribution in [2.75, 3.05) is 27.4 Å². The highest BCUT2D eigenvalue weighted by molar-refractivity contribution is 6.30. The van der Waals surface area contributed by atoms with E-state index >= 15 is 0 Å². The summed E-state index contributed by atoms with van der Waals surface area (Å²) in [6.45, 7) is 2.45. The molecule has 1 atom stereocenters. The first-order chi connectivity index (χ1) is 12.6. The van der Waals surface area contributed by atoms with Gasteiger partial charge in [0.25, 0.3) is 0 Å². The Hall–Kier alpha value is -2.37. The van der Waals surface area contributed by atoms with Gasteiger partial charge in [-0.25, -0.2) is 0 Å². The van der Waals surface area contributed by atoms with Gasteiger partial charge in [-0.3, -0.25) is 9.79 Å². The van der Waals surface area contributed by atoms with Crippen molar-refractivity contribution in [3.8, 4) is 11.5 Å². The van der Waals surface area contributed by atoms with Crippen LogP contribution in [0.25, 0.3) is 0 Å². The summed E-state index contributed by atoms with van der Waals surface area (Å²) in [4.78, 5) is 16.6. The lowest BCUT2D eigenvalue weighted by molar-refractivity contribution is -0.127. The molecule has 0 saturated carbocycles. The molecule has 0 aliphatic rings. The number of carbonyl (C=O) groups excluding carboxylic acids is 1. The molecule has 2 aromatic rings. The van der Waals surface area contributed by atoms with Crippen LogP contribution in [-0.4, -0.2) is 39.4 Å². The number of hydrogen-bond donors (Lipinski definition) is 0. The van der Waals surface area contributed by atoms with Gasteiger partial charge in [0, 0.05) is 18.3 Å². The molecule has 0 radical (unpaired) electrons. The summed E-state index contributed by atoms with van der Waals surface area (Å²) in [6, 6.07) is 12.5. The Morgan fingerprint density at radius 1 is 1.15 bits per heavy atom. The van der Waals surface area contributed by atoms with E-state index < -0.39 is 6.10 Å². The number of hydrogen-bond acceptors (Lipinski definition) is 5. The van der Waals surface area contributed by atoms with Crippen molar-refractivity contribution >= 4 is 23.6 Å². The minimum atomic E-state index is -0.667.